The summed E-state index contributed by atoms with van der Waals surface area (Å²) in [5.41, 5.74) is 16.4. The van der Waals surface area contributed by atoms with E-state index in [0.29, 0.717) is 0 Å². The Morgan fingerprint density at radius 2 is 1.57 bits per heavy atom. The van der Waals surface area contributed by atoms with Crippen molar-refractivity contribution >= 4 is 38.5 Å². The van der Waals surface area contributed by atoms with Crippen LogP contribution in [0.25, 0.3) is 60.7 Å². The van der Waals surface area contributed by atoms with Crippen LogP contribution >= 0.6 is 0 Å². The fraction of sp³-hybridized carbons (Fsp3) is 0.0645. The first-order valence-electron chi connectivity index (χ1n) is 12.0. The van der Waals surface area contributed by atoms with Crippen molar-refractivity contribution in [2.24, 2.45) is 0 Å². The van der Waals surface area contributed by atoms with Crippen LogP contribution in [0.15, 0.2) is 85.3 Å². The molecule has 0 saturated heterocycles. The number of hydrogen-bond acceptors (Lipinski definition) is 3. The molecule has 7 aromatic rings. The quantitative estimate of drug-likeness (QED) is 0.243. The maximum absolute atomic E-state index is 5.13. The van der Waals surface area contributed by atoms with Gasteiger partial charge in [-0.05, 0) is 87.3 Å². The molecule has 35 heavy (non-hydrogen) atoms. The molecular weight excluding hydrogens is 428 g/mol. The number of hydrogen-bond donors (Lipinski definition) is 0. The van der Waals surface area contributed by atoms with E-state index in [1.807, 2.05) is 24.7 Å². The SMILES string of the molecule is c1ccc2c(c1)Cc1cc3c(cc1-2)Cc1c-3ccc2nc3c4cccnc4c4cnccc4n3c12. The molecule has 0 N–H and O–H groups in total. The lowest BCUT2D eigenvalue weighted by atomic mass is 9.98. The topological polar surface area (TPSA) is 43.1 Å². The summed E-state index contributed by atoms with van der Waals surface area (Å²) in [6.07, 6.45) is 7.57. The summed E-state index contributed by atoms with van der Waals surface area (Å²) in [6, 6.07) is 24.3. The molecule has 0 amide bonds. The van der Waals surface area contributed by atoms with Gasteiger partial charge >= 0.3 is 0 Å². The first-order chi connectivity index (χ1) is 17.3. The van der Waals surface area contributed by atoms with Crippen LogP contribution in [0.4, 0.5) is 0 Å². The van der Waals surface area contributed by atoms with Crippen LogP contribution in [0.2, 0.25) is 0 Å². The van der Waals surface area contributed by atoms with Gasteiger partial charge in [-0.1, -0.05) is 30.3 Å². The minimum atomic E-state index is 0.920. The van der Waals surface area contributed by atoms with Crippen LogP contribution in [-0.4, -0.2) is 19.4 Å². The summed E-state index contributed by atoms with van der Waals surface area (Å²) >= 11 is 0. The van der Waals surface area contributed by atoms with Crippen LogP contribution in [0, 0.1) is 0 Å². The van der Waals surface area contributed by atoms with E-state index in [0.717, 1.165) is 45.8 Å². The highest BCUT2D eigenvalue weighted by atomic mass is 15.0. The van der Waals surface area contributed by atoms with Crippen LogP contribution in [0.3, 0.4) is 0 Å². The Kier molecular flexibility index (Phi) is 3.11. The second kappa shape index (κ2) is 6.10. The van der Waals surface area contributed by atoms with Crippen LogP contribution in [-0.2, 0) is 12.8 Å². The number of benzene rings is 3. The maximum atomic E-state index is 5.13. The van der Waals surface area contributed by atoms with Crippen molar-refractivity contribution in [1.82, 2.24) is 19.4 Å². The third-order valence-electron chi connectivity index (χ3n) is 7.94. The fourth-order valence-corrected chi connectivity index (χ4v) is 6.46. The van der Waals surface area contributed by atoms with Gasteiger partial charge in [0, 0.05) is 35.8 Å². The molecule has 0 radical (unpaired) electrons. The monoisotopic (exact) mass is 446 g/mol. The lowest BCUT2D eigenvalue weighted by Crippen LogP contribution is -1.95. The number of pyridine rings is 3. The fourth-order valence-electron chi connectivity index (χ4n) is 6.46. The van der Waals surface area contributed by atoms with Crippen molar-refractivity contribution in [3.05, 3.63) is 108 Å². The van der Waals surface area contributed by atoms with Gasteiger partial charge in [-0.3, -0.25) is 14.4 Å². The lowest BCUT2D eigenvalue weighted by Gasteiger charge is -2.09. The summed E-state index contributed by atoms with van der Waals surface area (Å²) in [7, 11) is 0. The van der Waals surface area contributed by atoms with E-state index in [1.165, 1.54) is 50.0 Å². The molecule has 2 aliphatic carbocycles. The summed E-state index contributed by atoms with van der Waals surface area (Å²) in [5.74, 6) is 0. The largest absolute Gasteiger partial charge is 0.291 e. The third kappa shape index (κ3) is 2.15. The Hall–Kier alpha value is -4.57. The highest BCUT2D eigenvalue weighted by Crippen LogP contribution is 2.46. The van der Waals surface area contributed by atoms with Crippen LogP contribution in [0.5, 0.6) is 0 Å². The zero-order valence-electron chi connectivity index (χ0n) is 18.8. The minimum Gasteiger partial charge on any atom is -0.291 e. The minimum absolute atomic E-state index is 0.920. The van der Waals surface area contributed by atoms with E-state index in [2.05, 4.69) is 70.0 Å². The summed E-state index contributed by atoms with van der Waals surface area (Å²) in [4.78, 5) is 14.2. The Morgan fingerprint density at radius 1 is 0.686 bits per heavy atom. The van der Waals surface area contributed by atoms with Crippen LogP contribution in [0.1, 0.15) is 22.3 Å². The molecule has 9 rings (SSSR count). The highest BCUT2D eigenvalue weighted by Gasteiger charge is 2.28. The predicted molar refractivity (Wildman–Crippen MR) is 140 cm³/mol. The second-order valence-electron chi connectivity index (χ2n) is 9.70. The normalized spacial score (nSPS) is 13.5. The van der Waals surface area contributed by atoms with Gasteiger partial charge in [0.15, 0.2) is 0 Å². The molecule has 4 heteroatoms. The van der Waals surface area contributed by atoms with Gasteiger partial charge < -0.3 is 0 Å². The van der Waals surface area contributed by atoms with E-state index >= 15 is 0 Å². The molecule has 4 heterocycles. The number of rotatable bonds is 0. The molecule has 0 spiro atoms. The zero-order valence-corrected chi connectivity index (χ0v) is 18.8. The van der Waals surface area contributed by atoms with Gasteiger partial charge in [0.1, 0.15) is 5.65 Å². The predicted octanol–water partition coefficient (Wildman–Crippen LogP) is 6.73. The lowest BCUT2D eigenvalue weighted by molar-refractivity contribution is 1.22. The standard InChI is InChI=1S/C31H18N4/c1-2-5-20-17(4-1)12-18-13-24-19(14-23(18)20)15-25-21(24)7-8-27-30(25)35-28-9-11-32-16-26(28)29-22(31(35)34-27)6-3-10-33-29/h1-11,13-14,16H,12,15H2. The molecular formula is C31H18N4. The van der Waals surface area contributed by atoms with E-state index in [9.17, 15) is 0 Å². The van der Waals surface area contributed by atoms with E-state index in [-0.39, 0.29) is 0 Å². The number of imidazole rings is 1. The van der Waals surface area contributed by atoms with Gasteiger partial charge in [0.05, 0.1) is 22.1 Å². The molecule has 0 saturated carbocycles. The number of fused-ring (bicyclic) bond motifs is 15. The van der Waals surface area contributed by atoms with Crippen molar-refractivity contribution in [3.63, 3.8) is 0 Å². The Morgan fingerprint density at radius 3 is 2.54 bits per heavy atom. The van der Waals surface area contributed by atoms with E-state index < -0.39 is 0 Å². The molecule has 2 aliphatic rings. The van der Waals surface area contributed by atoms with E-state index in [1.54, 1.807) is 0 Å². The molecule has 3 aromatic carbocycles. The molecule has 0 bridgehead atoms. The van der Waals surface area contributed by atoms with Crippen molar-refractivity contribution < 1.29 is 0 Å². The summed E-state index contributed by atoms with van der Waals surface area (Å²) in [5, 5.41) is 2.11. The molecule has 0 atom stereocenters. The molecule has 4 nitrogen and oxygen atoms in total. The summed E-state index contributed by atoms with van der Waals surface area (Å²) < 4.78 is 2.34. The van der Waals surface area contributed by atoms with Gasteiger partial charge in [-0.25, -0.2) is 4.98 Å². The average Bonchev–Trinajstić information content (AvgIpc) is 3.58. The van der Waals surface area contributed by atoms with Gasteiger partial charge in [-0.2, -0.15) is 0 Å². The maximum Gasteiger partial charge on any atom is 0.147 e. The van der Waals surface area contributed by atoms with Gasteiger partial charge in [0.2, 0.25) is 0 Å². The second-order valence-corrected chi connectivity index (χ2v) is 9.70. The van der Waals surface area contributed by atoms with Crippen molar-refractivity contribution in [2.45, 2.75) is 12.8 Å². The molecule has 162 valence electrons. The smallest absolute Gasteiger partial charge is 0.147 e. The van der Waals surface area contributed by atoms with Gasteiger partial charge in [-0.15, -0.1) is 0 Å². The Labute approximate surface area is 200 Å². The van der Waals surface area contributed by atoms with Crippen molar-refractivity contribution in [3.8, 4) is 22.3 Å². The summed E-state index contributed by atoms with van der Waals surface area (Å²) in [6.45, 7) is 0. The molecule has 4 aromatic heterocycles. The van der Waals surface area contributed by atoms with Crippen molar-refractivity contribution in [2.75, 3.05) is 0 Å². The van der Waals surface area contributed by atoms with Crippen LogP contribution < -0.4 is 0 Å². The first kappa shape index (κ1) is 17.8. The Bertz CT molecular complexity index is 2070. The van der Waals surface area contributed by atoms with E-state index in [4.69, 9.17) is 9.97 Å². The number of aromatic nitrogens is 4. The highest BCUT2D eigenvalue weighted by molar-refractivity contribution is 6.12. The Balaban J connectivity index is 1.38. The third-order valence-corrected chi connectivity index (χ3v) is 7.94. The number of nitrogens with zero attached hydrogens (tertiary/aromatic N) is 4. The molecule has 0 fully saturated rings. The van der Waals surface area contributed by atoms with Crippen molar-refractivity contribution in [1.29, 1.82) is 0 Å². The molecule has 0 unspecified atom stereocenters. The molecule has 0 aliphatic heterocycles. The van der Waals surface area contributed by atoms with Gasteiger partial charge in [0.25, 0.3) is 0 Å². The first-order valence-corrected chi connectivity index (χ1v) is 12.0. The average molecular weight is 447 g/mol. The zero-order chi connectivity index (χ0) is 22.7.